The third-order valence-corrected chi connectivity index (χ3v) is 9.24. The van der Waals surface area contributed by atoms with Crippen molar-refractivity contribution in [1.29, 1.82) is 0 Å². The van der Waals surface area contributed by atoms with E-state index in [2.05, 4.69) is 20.0 Å². The van der Waals surface area contributed by atoms with E-state index in [4.69, 9.17) is 13.9 Å². The van der Waals surface area contributed by atoms with Crippen LogP contribution in [-0.4, -0.2) is 66.6 Å². The number of likely N-dealkylation sites (tertiary alicyclic amines) is 1. The number of piperidine rings is 1. The summed E-state index contributed by atoms with van der Waals surface area (Å²) in [5, 5.41) is 7.85. The summed E-state index contributed by atoms with van der Waals surface area (Å²) in [7, 11) is 0. The van der Waals surface area contributed by atoms with Crippen molar-refractivity contribution in [2.45, 2.75) is 63.0 Å². The summed E-state index contributed by atoms with van der Waals surface area (Å²) in [6.45, 7) is 5.97. The Bertz CT molecular complexity index is 1020. The Morgan fingerprint density at radius 3 is 2.56 bits per heavy atom. The Hall–Kier alpha value is -2.19. The quantitative estimate of drug-likeness (QED) is 0.657. The normalized spacial score (nSPS) is 28.6. The van der Waals surface area contributed by atoms with Crippen molar-refractivity contribution in [1.82, 2.24) is 15.1 Å². The number of hydrogen-bond donors (Lipinski definition) is 0. The average molecular weight is 469 g/mol. The smallest absolute Gasteiger partial charge is 0.317 e. The highest BCUT2D eigenvalue weighted by Gasteiger charge is 2.52. The van der Waals surface area contributed by atoms with Gasteiger partial charge in [0.25, 0.3) is 0 Å². The van der Waals surface area contributed by atoms with E-state index in [1.807, 2.05) is 6.07 Å². The van der Waals surface area contributed by atoms with Gasteiger partial charge in [-0.1, -0.05) is 5.10 Å². The molecule has 0 bridgehead atoms. The lowest BCUT2D eigenvalue weighted by atomic mass is 9.65. The Balaban J connectivity index is 0.950. The van der Waals surface area contributed by atoms with E-state index in [1.165, 1.54) is 25.7 Å². The van der Waals surface area contributed by atoms with Crippen LogP contribution >= 0.6 is 0 Å². The van der Waals surface area contributed by atoms with Crippen LogP contribution in [0.25, 0.3) is 0 Å². The molecule has 3 aliphatic heterocycles. The van der Waals surface area contributed by atoms with Crippen LogP contribution in [-0.2, 0) is 4.74 Å². The van der Waals surface area contributed by atoms with E-state index < -0.39 is 0 Å². The molecule has 7 rings (SSSR count). The van der Waals surface area contributed by atoms with E-state index >= 15 is 0 Å². The molecule has 1 aromatic heterocycles. The van der Waals surface area contributed by atoms with E-state index in [0.29, 0.717) is 28.8 Å². The van der Waals surface area contributed by atoms with Crippen LogP contribution in [0.3, 0.4) is 0 Å². The fourth-order valence-electron chi connectivity index (χ4n) is 7.30. The highest BCUT2D eigenvalue weighted by atomic mass is 19.1. The van der Waals surface area contributed by atoms with Gasteiger partial charge in [-0.25, -0.2) is 4.39 Å². The van der Waals surface area contributed by atoms with E-state index in [1.54, 1.807) is 12.1 Å². The number of aromatic nitrogens is 2. The molecule has 0 amide bonds. The van der Waals surface area contributed by atoms with Crippen molar-refractivity contribution >= 4 is 6.01 Å². The zero-order valence-corrected chi connectivity index (χ0v) is 19.6. The SMILES string of the molecule is Fc1ccc(OC2CC3(COC3)C2)c(C2CCN([C@@H]3CCC4(C3)CN(c3nnco3)C4)CC2)c1. The van der Waals surface area contributed by atoms with Gasteiger partial charge in [0.05, 0.1) is 13.2 Å². The van der Waals surface area contributed by atoms with Gasteiger partial charge in [-0.05, 0) is 82.2 Å². The second-order valence-electron chi connectivity index (χ2n) is 11.6. The van der Waals surface area contributed by atoms with E-state index in [9.17, 15) is 4.39 Å². The molecule has 1 aromatic carbocycles. The molecular weight excluding hydrogens is 435 g/mol. The van der Waals surface area contributed by atoms with Gasteiger partial charge in [-0.2, -0.15) is 0 Å². The van der Waals surface area contributed by atoms with Crippen molar-refractivity contribution in [3.8, 4) is 5.75 Å². The first-order chi connectivity index (χ1) is 16.6. The van der Waals surface area contributed by atoms with E-state index in [-0.39, 0.29) is 11.9 Å². The van der Waals surface area contributed by atoms with Gasteiger partial charge >= 0.3 is 6.01 Å². The first kappa shape index (κ1) is 21.1. The molecule has 2 saturated carbocycles. The second-order valence-corrected chi connectivity index (χ2v) is 11.6. The highest BCUT2D eigenvalue weighted by molar-refractivity contribution is 5.38. The summed E-state index contributed by atoms with van der Waals surface area (Å²) in [4.78, 5) is 4.89. The number of benzene rings is 1. The van der Waals surface area contributed by atoms with Crippen LogP contribution in [0.5, 0.6) is 5.75 Å². The lowest BCUT2D eigenvalue weighted by Crippen LogP contribution is -2.56. The fourth-order valence-corrected chi connectivity index (χ4v) is 7.30. The molecule has 0 unspecified atom stereocenters. The largest absolute Gasteiger partial charge is 0.490 e. The standard InChI is InChI=1S/C26H33FN4O3/c27-19-1-2-23(34-21-11-26(12-21)15-32-16-26)22(9-19)18-4-7-30(8-5-18)20-3-6-25(10-20)13-31(14-25)24-29-28-17-33-24/h1-2,9,17-18,20-21H,3-8,10-16H2/t20-/m1/s1. The molecule has 0 radical (unpaired) electrons. The third-order valence-electron chi connectivity index (χ3n) is 9.24. The van der Waals surface area contributed by atoms with Gasteiger partial charge in [0.15, 0.2) is 0 Å². The summed E-state index contributed by atoms with van der Waals surface area (Å²) in [6, 6.07) is 6.43. The molecule has 8 heteroatoms. The van der Waals surface area contributed by atoms with Crippen LogP contribution in [0.1, 0.15) is 56.4 Å². The second kappa shape index (κ2) is 7.92. The summed E-state index contributed by atoms with van der Waals surface area (Å²) in [6.07, 6.45) is 9.72. The number of rotatable bonds is 5. The first-order valence-corrected chi connectivity index (χ1v) is 12.9. The van der Waals surface area contributed by atoms with Crippen LogP contribution in [0.15, 0.2) is 29.0 Å². The third kappa shape index (κ3) is 3.61. The summed E-state index contributed by atoms with van der Waals surface area (Å²) in [5.74, 6) is 1.11. The molecule has 1 atom stereocenters. The fraction of sp³-hybridized carbons (Fsp3) is 0.692. The molecule has 5 aliphatic rings. The molecule has 3 saturated heterocycles. The maximum Gasteiger partial charge on any atom is 0.317 e. The molecule has 2 spiro atoms. The minimum absolute atomic E-state index is 0.157. The minimum atomic E-state index is -0.157. The minimum Gasteiger partial charge on any atom is -0.490 e. The zero-order valence-electron chi connectivity index (χ0n) is 19.6. The lowest BCUT2D eigenvalue weighted by Gasteiger charge is -2.52. The maximum atomic E-state index is 14.2. The Morgan fingerprint density at radius 1 is 1.03 bits per heavy atom. The highest BCUT2D eigenvalue weighted by Crippen LogP contribution is 2.50. The Labute approximate surface area is 199 Å². The molecule has 4 heterocycles. The van der Waals surface area contributed by atoms with Gasteiger partial charge in [0.1, 0.15) is 17.7 Å². The molecule has 2 aromatic rings. The molecular formula is C26H33FN4O3. The van der Waals surface area contributed by atoms with Crippen LogP contribution in [0, 0.1) is 16.6 Å². The topological polar surface area (TPSA) is 63.9 Å². The zero-order chi connectivity index (χ0) is 22.8. The lowest BCUT2D eigenvalue weighted by molar-refractivity contribution is -0.191. The van der Waals surface area contributed by atoms with Crippen molar-refractivity contribution in [2.24, 2.45) is 10.8 Å². The predicted octanol–water partition coefficient (Wildman–Crippen LogP) is 4.01. The van der Waals surface area contributed by atoms with E-state index in [0.717, 1.165) is 76.4 Å². The summed E-state index contributed by atoms with van der Waals surface area (Å²) < 4.78 is 31.3. The van der Waals surface area contributed by atoms with Crippen molar-refractivity contribution in [3.05, 3.63) is 36.0 Å². The number of ether oxygens (including phenoxy) is 2. The molecule has 34 heavy (non-hydrogen) atoms. The molecule has 0 N–H and O–H groups in total. The molecule has 5 fully saturated rings. The monoisotopic (exact) mass is 468 g/mol. The molecule has 2 aliphatic carbocycles. The van der Waals surface area contributed by atoms with Crippen LogP contribution in [0.4, 0.5) is 10.4 Å². The van der Waals surface area contributed by atoms with Gasteiger partial charge in [-0.3, -0.25) is 0 Å². The van der Waals surface area contributed by atoms with Crippen LogP contribution < -0.4 is 9.64 Å². The average Bonchev–Trinajstić information content (AvgIpc) is 3.45. The van der Waals surface area contributed by atoms with Crippen molar-refractivity contribution in [3.63, 3.8) is 0 Å². The molecule has 7 nitrogen and oxygen atoms in total. The number of hydrogen-bond acceptors (Lipinski definition) is 7. The van der Waals surface area contributed by atoms with Gasteiger partial charge in [0, 0.05) is 35.5 Å². The van der Waals surface area contributed by atoms with Crippen molar-refractivity contribution in [2.75, 3.05) is 44.3 Å². The van der Waals surface area contributed by atoms with Crippen LogP contribution in [0.2, 0.25) is 0 Å². The number of halogens is 1. The summed E-state index contributed by atoms with van der Waals surface area (Å²) >= 11 is 0. The predicted molar refractivity (Wildman–Crippen MR) is 123 cm³/mol. The first-order valence-electron chi connectivity index (χ1n) is 12.9. The molecule has 182 valence electrons. The van der Waals surface area contributed by atoms with Gasteiger partial charge in [0.2, 0.25) is 6.39 Å². The maximum absolute atomic E-state index is 14.2. The summed E-state index contributed by atoms with van der Waals surface area (Å²) in [5.41, 5.74) is 1.85. The Kier molecular flexibility index (Phi) is 4.92. The van der Waals surface area contributed by atoms with Gasteiger partial charge < -0.3 is 23.7 Å². The number of nitrogens with zero attached hydrogens (tertiary/aromatic N) is 4. The number of anilines is 1. The van der Waals surface area contributed by atoms with Gasteiger partial charge in [-0.15, -0.1) is 5.10 Å². The van der Waals surface area contributed by atoms with Crippen molar-refractivity contribution < 1.29 is 18.3 Å². The Morgan fingerprint density at radius 2 is 1.85 bits per heavy atom.